The van der Waals surface area contributed by atoms with Crippen molar-refractivity contribution in [2.45, 2.75) is 44.9 Å². The van der Waals surface area contributed by atoms with Crippen LogP contribution in [0.25, 0.3) is 0 Å². The van der Waals surface area contributed by atoms with Gasteiger partial charge in [-0.3, -0.25) is 14.4 Å². The smallest absolute Gasteiger partial charge is 0.337 e. The number of Topliss-reactive ketones (excluding diaryl/α,β-unsaturated/α-hetero) is 1. The van der Waals surface area contributed by atoms with E-state index in [1.54, 1.807) is 13.8 Å². The largest absolute Gasteiger partial charge is 0.478 e. The standard InChI is InChI=1S/C21H32N4O6/c1-12(9-17(22)27)13(2)19(25-8-5-14(10-25)21(29)30)20(28)23-18-15(26)11-31-16(18)6-7-24(3)4/h5,8,10,12-13,16,18-19H,6-7,9,11H2,1-4H3,(H2,22,27)(H,23,28)(H,29,30). The Morgan fingerprint density at radius 3 is 2.58 bits per heavy atom. The van der Waals surface area contributed by atoms with Gasteiger partial charge in [-0.1, -0.05) is 13.8 Å². The van der Waals surface area contributed by atoms with E-state index in [-0.39, 0.29) is 36.2 Å². The third-order valence-electron chi connectivity index (χ3n) is 5.79. The summed E-state index contributed by atoms with van der Waals surface area (Å²) in [7, 11) is 3.82. The molecule has 2 rings (SSSR count). The minimum Gasteiger partial charge on any atom is -0.478 e. The number of carbonyl (C=O) groups is 4. The molecule has 5 unspecified atom stereocenters. The van der Waals surface area contributed by atoms with Crippen LogP contribution in [0.3, 0.4) is 0 Å². The minimum atomic E-state index is -1.11. The van der Waals surface area contributed by atoms with E-state index in [4.69, 9.17) is 10.5 Å². The van der Waals surface area contributed by atoms with Crippen molar-refractivity contribution < 1.29 is 29.0 Å². The summed E-state index contributed by atoms with van der Waals surface area (Å²) in [6.07, 6.45) is 3.11. The minimum absolute atomic E-state index is 0.0386. The van der Waals surface area contributed by atoms with Crippen LogP contribution in [0, 0.1) is 11.8 Å². The molecule has 5 atom stereocenters. The van der Waals surface area contributed by atoms with Crippen molar-refractivity contribution in [2.24, 2.45) is 17.6 Å². The molecule has 10 heteroatoms. The summed E-state index contributed by atoms with van der Waals surface area (Å²) < 4.78 is 7.08. The molecular weight excluding hydrogens is 404 g/mol. The number of hydrogen-bond donors (Lipinski definition) is 3. The topological polar surface area (TPSA) is 144 Å². The molecule has 1 fully saturated rings. The second kappa shape index (κ2) is 10.5. The molecule has 2 amide bonds. The molecule has 1 aliphatic rings. The lowest BCUT2D eigenvalue weighted by molar-refractivity contribution is -0.130. The van der Waals surface area contributed by atoms with Gasteiger partial charge in [-0.15, -0.1) is 0 Å². The lowest BCUT2D eigenvalue weighted by Gasteiger charge is -2.30. The lowest BCUT2D eigenvalue weighted by atomic mass is 9.85. The lowest BCUT2D eigenvalue weighted by Crippen LogP contribution is -2.49. The number of carboxylic acid groups (broad SMARTS) is 1. The highest BCUT2D eigenvalue weighted by Crippen LogP contribution is 2.29. The SMILES string of the molecule is CC(CC(N)=O)C(C)C(C(=O)NC1C(=O)COC1CCN(C)C)n1ccc(C(=O)O)c1. The van der Waals surface area contributed by atoms with Crippen LogP contribution >= 0.6 is 0 Å². The molecule has 1 saturated heterocycles. The first-order valence-corrected chi connectivity index (χ1v) is 10.3. The third kappa shape index (κ3) is 6.38. The molecule has 1 aromatic rings. The summed E-state index contributed by atoms with van der Waals surface area (Å²) in [6.45, 7) is 4.24. The Balaban J connectivity index is 2.27. The number of carboxylic acids is 1. The number of rotatable bonds is 11. The van der Waals surface area contributed by atoms with E-state index < -0.39 is 36.0 Å². The number of ketones is 1. The van der Waals surface area contributed by atoms with Crippen LogP contribution in [-0.2, 0) is 19.1 Å². The second-order valence-corrected chi connectivity index (χ2v) is 8.50. The molecule has 10 nitrogen and oxygen atoms in total. The number of carbonyl (C=O) groups excluding carboxylic acids is 3. The first-order valence-electron chi connectivity index (χ1n) is 10.3. The van der Waals surface area contributed by atoms with Gasteiger partial charge in [0.05, 0.1) is 11.7 Å². The highest BCUT2D eigenvalue weighted by molar-refractivity contribution is 5.93. The van der Waals surface area contributed by atoms with Crippen LogP contribution in [0.2, 0.25) is 0 Å². The van der Waals surface area contributed by atoms with Crippen molar-refractivity contribution in [3.05, 3.63) is 24.0 Å². The van der Waals surface area contributed by atoms with Crippen molar-refractivity contribution in [3.63, 3.8) is 0 Å². The van der Waals surface area contributed by atoms with Gasteiger partial charge in [0.15, 0.2) is 5.78 Å². The predicted molar refractivity (Wildman–Crippen MR) is 112 cm³/mol. The molecule has 172 valence electrons. The van der Waals surface area contributed by atoms with E-state index in [1.165, 1.54) is 23.0 Å². The van der Waals surface area contributed by atoms with E-state index in [0.717, 1.165) is 0 Å². The van der Waals surface area contributed by atoms with Gasteiger partial charge < -0.3 is 30.4 Å². The van der Waals surface area contributed by atoms with Crippen molar-refractivity contribution >= 4 is 23.6 Å². The van der Waals surface area contributed by atoms with Crippen LogP contribution < -0.4 is 11.1 Å². The van der Waals surface area contributed by atoms with Crippen LogP contribution in [0.15, 0.2) is 18.5 Å². The van der Waals surface area contributed by atoms with Crippen LogP contribution in [-0.4, -0.2) is 77.5 Å². The zero-order valence-electron chi connectivity index (χ0n) is 18.4. The molecule has 0 aliphatic carbocycles. The van der Waals surface area contributed by atoms with Crippen molar-refractivity contribution in [2.75, 3.05) is 27.2 Å². The molecule has 31 heavy (non-hydrogen) atoms. The average molecular weight is 437 g/mol. The molecular formula is C21H32N4O6. The van der Waals surface area contributed by atoms with Gasteiger partial charge in [-0.25, -0.2) is 4.79 Å². The number of nitrogens with two attached hydrogens (primary N) is 1. The third-order valence-corrected chi connectivity index (χ3v) is 5.79. The molecule has 1 aromatic heterocycles. The molecule has 0 aromatic carbocycles. The average Bonchev–Trinajstić information content (AvgIpc) is 3.28. The number of nitrogens with one attached hydrogen (secondary N) is 1. The highest BCUT2D eigenvalue weighted by Gasteiger charge is 2.40. The summed E-state index contributed by atoms with van der Waals surface area (Å²) in [5, 5.41) is 12.1. The predicted octanol–water partition coefficient (Wildman–Crippen LogP) is 0.279. The summed E-state index contributed by atoms with van der Waals surface area (Å²) in [4.78, 5) is 50.4. The fourth-order valence-electron chi connectivity index (χ4n) is 3.80. The molecule has 1 aliphatic heterocycles. The zero-order chi connectivity index (χ0) is 23.3. The Labute approximate surface area is 181 Å². The Kier molecular flexibility index (Phi) is 8.35. The molecule has 0 radical (unpaired) electrons. The van der Waals surface area contributed by atoms with Crippen LogP contribution in [0.4, 0.5) is 0 Å². The number of aromatic nitrogens is 1. The molecule has 2 heterocycles. The first kappa shape index (κ1) is 24.5. The number of nitrogens with zero attached hydrogens (tertiary/aromatic N) is 2. The Bertz CT molecular complexity index is 821. The van der Waals surface area contributed by atoms with E-state index in [1.807, 2.05) is 19.0 Å². The van der Waals surface area contributed by atoms with Gasteiger partial charge in [0, 0.05) is 25.4 Å². The molecule has 4 N–H and O–H groups in total. The normalized spacial score (nSPS) is 21.6. The fraction of sp³-hybridized carbons (Fsp3) is 0.619. The van der Waals surface area contributed by atoms with Gasteiger partial charge in [0.1, 0.15) is 18.7 Å². The van der Waals surface area contributed by atoms with E-state index in [2.05, 4.69) is 5.32 Å². The monoisotopic (exact) mass is 436 g/mol. The number of primary amides is 1. The van der Waals surface area contributed by atoms with Crippen molar-refractivity contribution in [1.29, 1.82) is 0 Å². The zero-order valence-corrected chi connectivity index (χ0v) is 18.4. The number of hydrogen-bond acceptors (Lipinski definition) is 6. The number of ether oxygens (including phenoxy) is 1. The summed E-state index contributed by atoms with van der Waals surface area (Å²) in [5.74, 6) is -2.84. The number of amides is 2. The quantitative estimate of drug-likeness (QED) is 0.452. The molecule has 0 bridgehead atoms. The highest BCUT2D eigenvalue weighted by atomic mass is 16.5. The van der Waals surface area contributed by atoms with E-state index in [0.29, 0.717) is 13.0 Å². The van der Waals surface area contributed by atoms with Crippen molar-refractivity contribution in [3.8, 4) is 0 Å². The van der Waals surface area contributed by atoms with Gasteiger partial charge in [0.25, 0.3) is 0 Å². The van der Waals surface area contributed by atoms with E-state index in [9.17, 15) is 24.3 Å². The molecule has 0 spiro atoms. The summed E-state index contributed by atoms with van der Waals surface area (Å²) in [5.41, 5.74) is 5.37. The Morgan fingerprint density at radius 1 is 1.35 bits per heavy atom. The van der Waals surface area contributed by atoms with E-state index >= 15 is 0 Å². The van der Waals surface area contributed by atoms with Gasteiger partial charge in [-0.05, 0) is 38.4 Å². The second-order valence-electron chi connectivity index (χ2n) is 8.50. The maximum Gasteiger partial charge on any atom is 0.337 e. The van der Waals surface area contributed by atoms with Gasteiger partial charge in [0.2, 0.25) is 11.8 Å². The summed E-state index contributed by atoms with van der Waals surface area (Å²) >= 11 is 0. The Morgan fingerprint density at radius 2 is 2.03 bits per heavy atom. The molecule has 0 saturated carbocycles. The fourth-order valence-corrected chi connectivity index (χ4v) is 3.80. The first-order chi connectivity index (χ1) is 14.5. The Hall–Kier alpha value is -2.72. The number of aromatic carboxylic acids is 1. The maximum atomic E-state index is 13.3. The van der Waals surface area contributed by atoms with Gasteiger partial charge in [-0.2, -0.15) is 0 Å². The maximum absolute atomic E-state index is 13.3. The van der Waals surface area contributed by atoms with Crippen LogP contribution in [0.1, 0.15) is 43.1 Å². The van der Waals surface area contributed by atoms with Crippen LogP contribution in [0.5, 0.6) is 0 Å². The van der Waals surface area contributed by atoms with Gasteiger partial charge >= 0.3 is 5.97 Å². The van der Waals surface area contributed by atoms with Crippen molar-refractivity contribution in [1.82, 2.24) is 14.8 Å². The summed E-state index contributed by atoms with van der Waals surface area (Å²) in [6, 6.07) is -0.203.